The molecule has 0 bridgehead atoms. The third kappa shape index (κ3) is 2.94. The molecule has 2 N–H and O–H groups in total. The Hall–Kier alpha value is -0.160. The number of β-amino-alcohol motifs (C(OH)–C–C–N with tert-alkyl or cyclic N) is 1. The second kappa shape index (κ2) is 5.00. The molecule has 1 unspecified atom stereocenters. The fourth-order valence-electron chi connectivity index (χ4n) is 2.41. The average molecular weight is 227 g/mol. The molecule has 0 aromatic carbocycles. The van der Waals surface area contributed by atoms with E-state index < -0.39 is 5.60 Å². The standard InChI is InChI=1S/C12H25N3O/c1-3-12(2,16)10-14-4-6-15(7-5-14)11-8-13-9-11/h11,13,16H,3-10H2,1-2H3. The zero-order valence-electron chi connectivity index (χ0n) is 10.6. The minimum absolute atomic E-state index is 0.514. The van der Waals surface area contributed by atoms with E-state index in [2.05, 4.69) is 22.0 Å². The second-order valence-electron chi connectivity index (χ2n) is 5.47. The zero-order chi connectivity index (χ0) is 11.6. The molecule has 2 rings (SSSR count). The molecule has 4 heteroatoms. The topological polar surface area (TPSA) is 38.7 Å². The smallest absolute Gasteiger partial charge is 0.0743 e. The van der Waals surface area contributed by atoms with Crippen LogP contribution in [0.5, 0.6) is 0 Å². The van der Waals surface area contributed by atoms with Crippen molar-refractivity contribution in [2.24, 2.45) is 0 Å². The lowest BCUT2D eigenvalue weighted by Gasteiger charge is -2.44. The summed E-state index contributed by atoms with van der Waals surface area (Å²) < 4.78 is 0. The van der Waals surface area contributed by atoms with Crippen molar-refractivity contribution >= 4 is 0 Å². The summed E-state index contributed by atoms with van der Waals surface area (Å²) in [5, 5.41) is 13.4. The Labute approximate surface area is 98.6 Å². The molecule has 0 amide bonds. The van der Waals surface area contributed by atoms with Gasteiger partial charge >= 0.3 is 0 Å². The molecule has 2 saturated heterocycles. The first-order valence-electron chi connectivity index (χ1n) is 6.50. The summed E-state index contributed by atoms with van der Waals surface area (Å²) in [4.78, 5) is 4.97. The highest BCUT2D eigenvalue weighted by atomic mass is 16.3. The van der Waals surface area contributed by atoms with Crippen molar-refractivity contribution in [3.63, 3.8) is 0 Å². The van der Waals surface area contributed by atoms with Gasteiger partial charge in [-0.3, -0.25) is 9.80 Å². The third-order valence-corrected chi connectivity index (χ3v) is 4.01. The van der Waals surface area contributed by atoms with Gasteiger partial charge in [-0.15, -0.1) is 0 Å². The molecule has 0 radical (unpaired) electrons. The summed E-state index contributed by atoms with van der Waals surface area (Å²) in [7, 11) is 0. The van der Waals surface area contributed by atoms with Crippen molar-refractivity contribution in [3.05, 3.63) is 0 Å². The van der Waals surface area contributed by atoms with E-state index in [1.807, 2.05) is 6.92 Å². The molecule has 2 fully saturated rings. The molecule has 16 heavy (non-hydrogen) atoms. The van der Waals surface area contributed by atoms with Gasteiger partial charge in [0.15, 0.2) is 0 Å². The van der Waals surface area contributed by atoms with E-state index >= 15 is 0 Å². The summed E-state index contributed by atoms with van der Waals surface area (Å²) in [6, 6.07) is 0.772. The van der Waals surface area contributed by atoms with Gasteiger partial charge in [-0.2, -0.15) is 0 Å². The van der Waals surface area contributed by atoms with Crippen molar-refractivity contribution < 1.29 is 5.11 Å². The Balaban J connectivity index is 1.72. The van der Waals surface area contributed by atoms with Crippen LogP contribution < -0.4 is 5.32 Å². The molecule has 0 aromatic rings. The number of aliphatic hydroxyl groups is 1. The number of hydrogen-bond acceptors (Lipinski definition) is 4. The molecule has 94 valence electrons. The van der Waals surface area contributed by atoms with Gasteiger partial charge in [-0.25, -0.2) is 0 Å². The van der Waals surface area contributed by atoms with Gasteiger partial charge in [0, 0.05) is 51.9 Å². The van der Waals surface area contributed by atoms with Crippen LogP contribution in [0.3, 0.4) is 0 Å². The summed E-state index contributed by atoms with van der Waals surface area (Å²) in [6.45, 7) is 11.7. The Morgan fingerprint density at radius 3 is 2.31 bits per heavy atom. The van der Waals surface area contributed by atoms with Crippen molar-refractivity contribution in [3.8, 4) is 0 Å². The molecule has 0 saturated carbocycles. The predicted molar refractivity (Wildman–Crippen MR) is 65.6 cm³/mol. The highest BCUT2D eigenvalue weighted by Gasteiger charge is 2.29. The first-order chi connectivity index (χ1) is 7.61. The van der Waals surface area contributed by atoms with Gasteiger partial charge in [0.1, 0.15) is 0 Å². The molecular formula is C12H25N3O. The van der Waals surface area contributed by atoms with E-state index in [-0.39, 0.29) is 0 Å². The highest BCUT2D eigenvalue weighted by Crippen LogP contribution is 2.14. The Bertz CT molecular complexity index is 220. The van der Waals surface area contributed by atoms with E-state index in [1.165, 1.54) is 0 Å². The molecular weight excluding hydrogens is 202 g/mol. The molecule has 1 atom stereocenters. The number of hydrogen-bond donors (Lipinski definition) is 2. The van der Waals surface area contributed by atoms with Crippen LogP contribution in [-0.2, 0) is 0 Å². The van der Waals surface area contributed by atoms with E-state index in [9.17, 15) is 5.11 Å². The normalized spacial score (nSPS) is 28.7. The fourth-order valence-corrected chi connectivity index (χ4v) is 2.41. The number of rotatable bonds is 4. The second-order valence-corrected chi connectivity index (χ2v) is 5.47. The molecule has 0 spiro atoms. The average Bonchev–Trinajstić information content (AvgIpc) is 2.18. The summed E-state index contributed by atoms with van der Waals surface area (Å²) >= 11 is 0. The van der Waals surface area contributed by atoms with Gasteiger partial charge < -0.3 is 10.4 Å². The lowest BCUT2D eigenvalue weighted by Crippen LogP contribution is -2.62. The van der Waals surface area contributed by atoms with Crippen molar-refractivity contribution in [2.45, 2.75) is 31.9 Å². The van der Waals surface area contributed by atoms with Crippen molar-refractivity contribution in [1.82, 2.24) is 15.1 Å². The maximum atomic E-state index is 10.0. The van der Waals surface area contributed by atoms with Gasteiger partial charge in [-0.05, 0) is 13.3 Å². The van der Waals surface area contributed by atoms with Crippen LogP contribution in [0.25, 0.3) is 0 Å². The largest absolute Gasteiger partial charge is 0.389 e. The number of nitrogens with zero attached hydrogens (tertiary/aromatic N) is 2. The van der Waals surface area contributed by atoms with Crippen molar-refractivity contribution in [2.75, 3.05) is 45.8 Å². The van der Waals surface area contributed by atoms with E-state index in [0.29, 0.717) is 0 Å². The van der Waals surface area contributed by atoms with E-state index in [4.69, 9.17) is 0 Å². The fraction of sp³-hybridized carbons (Fsp3) is 1.00. The molecule has 2 heterocycles. The van der Waals surface area contributed by atoms with Gasteiger partial charge in [0.05, 0.1) is 5.60 Å². The van der Waals surface area contributed by atoms with Gasteiger partial charge in [0.25, 0.3) is 0 Å². The summed E-state index contributed by atoms with van der Waals surface area (Å²) in [6.07, 6.45) is 0.833. The Morgan fingerprint density at radius 2 is 1.88 bits per heavy atom. The molecule has 2 aliphatic rings. The SMILES string of the molecule is CCC(C)(O)CN1CCN(C2CNC2)CC1. The molecule has 2 aliphatic heterocycles. The minimum atomic E-state index is -0.514. The maximum absolute atomic E-state index is 10.0. The van der Waals surface area contributed by atoms with E-state index in [1.54, 1.807) is 0 Å². The van der Waals surface area contributed by atoms with Gasteiger partial charge in [0.2, 0.25) is 0 Å². The molecule has 4 nitrogen and oxygen atoms in total. The Morgan fingerprint density at radius 1 is 1.25 bits per heavy atom. The maximum Gasteiger partial charge on any atom is 0.0743 e. The first-order valence-corrected chi connectivity index (χ1v) is 6.50. The number of nitrogens with one attached hydrogen (secondary N) is 1. The highest BCUT2D eigenvalue weighted by molar-refractivity contribution is 4.88. The predicted octanol–water partition coefficient (Wildman–Crippen LogP) is -0.263. The monoisotopic (exact) mass is 227 g/mol. The quantitative estimate of drug-likeness (QED) is 0.694. The van der Waals surface area contributed by atoms with Crippen LogP contribution in [0.2, 0.25) is 0 Å². The Kier molecular flexibility index (Phi) is 3.85. The lowest BCUT2D eigenvalue weighted by atomic mass is 10.0. The molecule has 0 aliphatic carbocycles. The minimum Gasteiger partial charge on any atom is -0.389 e. The lowest BCUT2D eigenvalue weighted by molar-refractivity contribution is -0.00731. The van der Waals surface area contributed by atoms with Crippen LogP contribution in [0.1, 0.15) is 20.3 Å². The van der Waals surface area contributed by atoms with Crippen LogP contribution in [0, 0.1) is 0 Å². The van der Waals surface area contributed by atoms with Crippen LogP contribution in [0.15, 0.2) is 0 Å². The number of piperazine rings is 1. The molecule has 0 aromatic heterocycles. The van der Waals surface area contributed by atoms with E-state index in [0.717, 1.165) is 58.3 Å². The van der Waals surface area contributed by atoms with Gasteiger partial charge in [-0.1, -0.05) is 6.92 Å². The first kappa shape index (κ1) is 12.3. The van der Waals surface area contributed by atoms with Crippen LogP contribution >= 0.6 is 0 Å². The zero-order valence-corrected chi connectivity index (χ0v) is 10.6. The van der Waals surface area contributed by atoms with Crippen LogP contribution in [-0.4, -0.2) is 72.4 Å². The van der Waals surface area contributed by atoms with Crippen LogP contribution in [0.4, 0.5) is 0 Å². The van der Waals surface area contributed by atoms with Crippen molar-refractivity contribution in [1.29, 1.82) is 0 Å². The third-order valence-electron chi connectivity index (χ3n) is 4.01. The summed E-state index contributed by atoms with van der Waals surface area (Å²) in [5.74, 6) is 0. The summed E-state index contributed by atoms with van der Waals surface area (Å²) in [5.41, 5.74) is -0.514.